The van der Waals surface area contributed by atoms with Crippen molar-refractivity contribution in [3.05, 3.63) is 131 Å². The largest absolute Gasteiger partial charge is 0.488 e. The van der Waals surface area contributed by atoms with E-state index in [9.17, 15) is 28.8 Å². The van der Waals surface area contributed by atoms with Gasteiger partial charge in [-0.25, -0.2) is 19.6 Å². The van der Waals surface area contributed by atoms with Gasteiger partial charge in [0.1, 0.15) is 72.2 Å². The Hall–Kier alpha value is -8.68. The van der Waals surface area contributed by atoms with Crippen molar-refractivity contribution in [2.24, 2.45) is 5.92 Å². The lowest BCUT2D eigenvalue weighted by Crippen LogP contribution is -2.53. The number of nitrogens with zero attached hydrogens (tertiary/aromatic N) is 4. The zero-order chi connectivity index (χ0) is 58.2. The molecule has 6 N–H and O–H groups in total. The number of aromatic amines is 2. The van der Waals surface area contributed by atoms with Gasteiger partial charge in [0.25, 0.3) is 0 Å². The van der Waals surface area contributed by atoms with Gasteiger partial charge in [-0.1, -0.05) is 88.4 Å². The van der Waals surface area contributed by atoms with Crippen molar-refractivity contribution < 1.29 is 47.7 Å². The fraction of sp³-hybridized carbons (Fsp3) is 0.410. The lowest BCUT2D eigenvalue weighted by Gasteiger charge is -2.30. The van der Waals surface area contributed by atoms with E-state index in [0.717, 1.165) is 33.4 Å². The predicted molar refractivity (Wildman–Crippen MR) is 304 cm³/mol. The molecule has 0 radical (unpaired) electrons. The molecule has 0 bridgehead atoms. The van der Waals surface area contributed by atoms with E-state index in [-0.39, 0.29) is 50.6 Å². The highest BCUT2D eigenvalue weighted by atomic mass is 16.6. The van der Waals surface area contributed by atoms with E-state index in [2.05, 4.69) is 48.4 Å². The third kappa shape index (κ3) is 14.8. The van der Waals surface area contributed by atoms with Crippen LogP contribution in [-0.4, -0.2) is 102 Å². The number of benzene rings is 4. The smallest absolute Gasteiger partial charge is 0.408 e. The minimum atomic E-state index is -1.06. The highest BCUT2D eigenvalue weighted by Gasteiger charge is 2.35. The van der Waals surface area contributed by atoms with Crippen molar-refractivity contribution in [1.82, 2.24) is 51.0 Å². The molecule has 2 aliphatic rings. The van der Waals surface area contributed by atoms with Crippen LogP contribution in [-0.2, 0) is 55.0 Å². The first-order valence-corrected chi connectivity index (χ1v) is 27.5. The number of rotatable bonds is 21. The summed E-state index contributed by atoms with van der Waals surface area (Å²) in [6, 6.07) is 23.0. The number of nitrogens with one attached hydrogen (secondary N) is 6. The zero-order valence-corrected chi connectivity index (χ0v) is 47.8. The van der Waals surface area contributed by atoms with Gasteiger partial charge in [-0.05, 0) is 95.7 Å². The number of imidazole rings is 2. The van der Waals surface area contributed by atoms with Crippen molar-refractivity contribution in [1.29, 1.82) is 0 Å². The van der Waals surface area contributed by atoms with Crippen LogP contribution < -0.4 is 30.7 Å². The number of H-pyrrole nitrogens is 2. The molecule has 4 heterocycles. The van der Waals surface area contributed by atoms with Gasteiger partial charge in [0, 0.05) is 46.5 Å². The second kappa shape index (κ2) is 25.2. The third-order valence-electron chi connectivity index (χ3n) is 13.3. The van der Waals surface area contributed by atoms with Crippen molar-refractivity contribution in [2.45, 2.75) is 138 Å². The Kier molecular flexibility index (Phi) is 18.2. The second-order valence-electron chi connectivity index (χ2n) is 22.6. The summed E-state index contributed by atoms with van der Waals surface area (Å²) in [5.74, 6) is 0.414. The number of carbonyl (C=O) groups is 6. The molecule has 2 aliphatic heterocycles. The molecule has 6 amide bonds. The molecule has 81 heavy (non-hydrogen) atoms. The van der Waals surface area contributed by atoms with Crippen LogP contribution >= 0.6 is 0 Å². The zero-order valence-electron chi connectivity index (χ0n) is 47.8. The number of alkyl carbamates (subject to hydrolysis) is 2. The predicted octanol–water partition coefficient (Wildman–Crippen LogP) is 9.18. The monoisotopic (exact) mass is 1110 g/mol. The Balaban J connectivity index is 0.965. The highest BCUT2D eigenvalue weighted by molar-refractivity contribution is 5.93. The number of ether oxygens (including phenoxy) is 4. The van der Waals surface area contributed by atoms with E-state index < -0.39 is 53.3 Å². The SMILES string of the molecule is CCCN(Cc1ncc(-c2cc3c4c(c2)OCc2cc(-c5cnc(CN(CCC)C(=O)[C@H](NC(=O)C(NC(=O)OC(C)(C)C)C(C)C)c6ccccc6)[nH]5)cc(c2-4)OC3)[nH]1)C(=O)[C@H](NC(=O)CNC(=O)OC(C)(C)C)c1ccccc1. The highest BCUT2D eigenvalue weighted by Crippen LogP contribution is 2.50. The Bertz CT molecular complexity index is 3180. The molecular formula is C61H74N10O10. The van der Waals surface area contributed by atoms with Gasteiger partial charge in [-0.3, -0.25) is 19.2 Å². The standard InChI is InChI=1S/C61H74N10O10/c1-11-23-70(56(74)53(37-19-15-13-16-20-37)67-49(72)31-64-58(76)80-60(5,6)7)32-47-62-29-43(65-47)39-25-41-34-79-46-28-40(26-42-35-78-45(27-39)50(41)51(42)46)44-30-63-48(66-44)33-71(24-12-2)57(75)54(38-21-17-14-18-22-38)68-55(73)52(36(3)4)69-59(77)81-61(8,9)10/h13-22,25-30,36,52-54H,11-12,23-24,31-35H2,1-10H3,(H,62,65)(H,63,66)(H,64,76)(H,67,72)(H,68,73)(H,69,77)/t52?,53-,54-/m1/s1. The number of hydrogen-bond donors (Lipinski definition) is 6. The van der Waals surface area contributed by atoms with Crippen LogP contribution in [0, 0.1) is 5.92 Å². The average Bonchev–Trinajstić information content (AvgIpc) is 4.28. The fourth-order valence-electron chi connectivity index (χ4n) is 9.72. The molecular weight excluding hydrogens is 1030 g/mol. The number of amides is 6. The molecule has 20 nitrogen and oxygen atoms in total. The van der Waals surface area contributed by atoms with E-state index in [4.69, 9.17) is 23.9 Å². The van der Waals surface area contributed by atoms with Crippen LogP contribution in [0.1, 0.15) is 128 Å². The molecule has 0 fully saturated rings. The van der Waals surface area contributed by atoms with E-state index in [1.54, 1.807) is 112 Å². The third-order valence-corrected chi connectivity index (χ3v) is 13.3. The molecule has 0 aliphatic carbocycles. The maximum atomic E-state index is 14.6. The normalized spacial score (nSPS) is 13.5. The van der Waals surface area contributed by atoms with Crippen molar-refractivity contribution in [3.63, 3.8) is 0 Å². The molecule has 1 unspecified atom stereocenters. The Labute approximate surface area is 472 Å². The van der Waals surface area contributed by atoms with Crippen molar-refractivity contribution in [2.75, 3.05) is 19.6 Å². The molecule has 428 valence electrons. The lowest BCUT2D eigenvalue weighted by atomic mass is 9.87. The Morgan fingerprint density at radius 1 is 0.617 bits per heavy atom. The maximum absolute atomic E-state index is 14.6. The summed E-state index contributed by atoms with van der Waals surface area (Å²) in [5.41, 5.74) is 6.49. The van der Waals surface area contributed by atoms with E-state index in [0.29, 0.717) is 71.6 Å². The summed E-state index contributed by atoms with van der Waals surface area (Å²) >= 11 is 0. The summed E-state index contributed by atoms with van der Waals surface area (Å²) in [6.07, 6.45) is 3.27. The summed E-state index contributed by atoms with van der Waals surface area (Å²) in [5, 5.41) is 10.9. The van der Waals surface area contributed by atoms with E-state index in [1.165, 1.54) is 0 Å². The summed E-state index contributed by atoms with van der Waals surface area (Å²) in [4.78, 5) is 101. The number of carbonyl (C=O) groups excluding carboxylic acids is 6. The maximum Gasteiger partial charge on any atom is 0.408 e. The molecule has 8 rings (SSSR count). The van der Waals surface area contributed by atoms with Gasteiger partial charge in [0.15, 0.2) is 0 Å². The summed E-state index contributed by atoms with van der Waals surface area (Å²) in [7, 11) is 0. The first-order valence-electron chi connectivity index (χ1n) is 27.5. The Morgan fingerprint density at radius 2 is 1.06 bits per heavy atom. The van der Waals surface area contributed by atoms with Gasteiger partial charge in [0.2, 0.25) is 23.6 Å². The van der Waals surface area contributed by atoms with Gasteiger partial charge in [-0.2, -0.15) is 0 Å². The van der Waals surface area contributed by atoms with Gasteiger partial charge in [0.05, 0.1) is 36.9 Å². The van der Waals surface area contributed by atoms with Crippen LogP contribution in [0.2, 0.25) is 0 Å². The van der Waals surface area contributed by atoms with Gasteiger partial charge in [-0.15, -0.1) is 0 Å². The minimum Gasteiger partial charge on any atom is -0.488 e. The summed E-state index contributed by atoms with van der Waals surface area (Å²) < 4.78 is 23.7. The van der Waals surface area contributed by atoms with Gasteiger partial charge < -0.3 is 60.0 Å². The topological polar surface area (TPSA) is 251 Å². The quantitative estimate of drug-likeness (QED) is 0.0395. The second-order valence-corrected chi connectivity index (χ2v) is 22.6. The number of hydrogen-bond acceptors (Lipinski definition) is 12. The fourth-order valence-corrected chi connectivity index (χ4v) is 9.72. The lowest BCUT2D eigenvalue weighted by molar-refractivity contribution is -0.138. The number of aromatic nitrogens is 4. The average molecular weight is 1110 g/mol. The van der Waals surface area contributed by atoms with E-state index in [1.807, 2.05) is 52.0 Å². The molecule has 2 aromatic heterocycles. The minimum absolute atomic E-state index is 0.130. The van der Waals surface area contributed by atoms with Crippen molar-refractivity contribution in [3.8, 4) is 45.1 Å². The van der Waals surface area contributed by atoms with E-state index >= 15 is 0 Å². The molecule has 20 heteroatoms. The molecule has 0 saturated carbocycles. The summed E-state index contributed by atoms with van der Waals surface area (Å²) in [6.45, 7) is 19.2. The molecule has 4 aromatic carbocycles. The van der Waals surface area contributed by atoms with Crippen LogP contribution in [0.5, 0.6) is 11.5 Å². The van der Waals surface area contributed by atoms with Crippen molar-refractivity contribution >= 4 is 35.8 Å². The van der Waals surface area contributed by atoms with Crippen LogP contribution in [0.4, 0.5) is 9.59 Å². The molecule has 3 atom stereocenters. The first kappa shape index (κ1) is 58.5. The van der Waals surface area contributed by atoms with Crippen LogP contribution in [0.15, 0.2) is 97.3 Å². The van der Waals surface area contributed by atoms with Crippen LogP contribution in [0.25, 0.3) is 33.6 Å². The first-order chi connectivity index (χ1) is 38.6. The van der Waals surface area contributed by atoms with Crippen LogP contribution in [0.3, 0.4) is 0 Å². The molecule has 0 saturated heterocycles. The Morgan fingerprint density at radius 3 is 1.49 bits per heavy atom. The molecule has 0 spiro atoms. The molecule has 6 aromatic rings. The van der Waals surface area contributed by atoms with Gasteiger partial charge >= 0.3 is 12.2 Å².